The number of aromatic nitrogens is 1. The Kier molecular flexibility index (Phi) is 4.07. The van der Waals surface area contributed by atoms with Gasteiger partial charge in [-0.1, -0.05) is 0 Å². The van der Waals surface area contributed by atoms with Crippen LogP contribution in [0.3, 0.4) is 0 Å². The molecule has 0 spiro atoms. The van der Waals surface area contributed by atoms with Crippen LogP contribution in [0.25, 0.3) is 0 Å². The molecule has 2 heterocycles. The van der Waals surface area contributed by atoms with Gasteiger partial charge in [-0.15, -0.1) is 0 Å². The lowest BCUT2D eigenvalue weighted by molar-refractivity contribution is 0.0546. The number of nitrogens with one attached hydrogen (secondary N) is 1. The van der Waals surface area contributed by atoms with Crippen LogP contribution in [-0.2, 0) is 0 Å². The molecule has 1 amide bonds. The van der Waals surface area contributed by atoms with E-state index in [1.54, 1.807) is 18.3 Å². The number of hydrogen-bond acceptors (Lipinski definition) is 5. The Labute approximate surface area is 123 Å². The molecule has 21 heavy (non-hydrogen) atoms. The van der Waals surface area contributed by atoms with Crippen molar-refractivity contribution in [3.05, 3.63) is 23.9 Å². The van der Waals surface area contributed by atoms with Crippen molar-refractivity contribution in [2.75, 3.05) is 24.6 Å². The van der Waals surface area contributed by atoms with Crippen LogP contribution in [0.2, 0.25) is 0 Å². The maximum Gasteiger partial charge on any atom is 0.251 e. The largest absolute Gasteiger partial charge is 0.396 e. The second kappa shape index (κ2) is 5.99. The molecule has 0 bridgehead atoms. The van der Waals surface area contributed by atoms with Crippen molar-refractivity contribution in [2.45, 2.75) is 31.4 Å². The van der Waals surface area contributed by atoms with Gasteiger partial charge < -0.3 is 20.4 Å². The number of aliphatic hydroxyl groups excluding tert-OH is 2. The molecule has 1 aliphatic heterocycles. The number of β-amino-alcohol motifs (C(OH)–C–C–N with tert-alkyl or cyclic N) is 1. The quantitative estimate of drug-likeness (QED) is 0.735. The molecule has 1 saturated carbocycles. The van der Waals surface area contributed by atoms with Crippen LogP contribution in [0.4, 0.5) is 5.82 Å². The number of rotatable bonds is 4. The Morgan fingerprint density at radius 3 is 2.90 bits per heavy atom. The van der Waals surface area contributed by atoms with E-state index in [9.17, 15) is 15.0 Å². The van der Waals surface area contributed by atoms with Crippen molar-refractivity contribution in [3.63, 3.8) is 0 Å². The van der Waals surface area contributed by atoms with E-state index in [-0.39, 0.29) is 18.4 Å². The third-order valence-electron chi connectivity index (χ3n) is 4.20. The Balaban J connectivity index is 1.69. The van der Waals surface area contributed by atoms with Crippen LogP contribution < -0.4 is 10.2 Å². The average Bonchev–Trinajstić information content (AvgIpc) is 3.31. The lowest BCUT2D eigenvalue weighted by atomic mass is 9.95. The second-order valence-corrected chi connectivity index (χ2v) is 5.90. The van der Waals surface area contributed by atoms with E-state index in [1.807, 2.05) is 4.90 Å². The van der Waals surface area contributed by atoms with E-state index in [0.29, 0.717) is 24.0 Å². The number of anilines is 1. The number of piperidine rings is 1. The predicted octanol–water partition coefficient (Wildman–Crippen LogP) is 0.153. The first-order valence-electron chi connectivity index (χ1n) is 7.48. The summed E-state index contributed by atoms with van der Waals surface area (Å²) in [5, 5.41) is 22.1. The molecule has 114 valence electrons. The molecular formula is C15H21N3O3. The first-order chi connectivity index (χ1) is 10.2. The minimum atomic E-state index is -0.561. The molecule has 0 unspecified atom stereocenters. The zero-order valence-electron chi connectivity index (χ0n) is 11.9. The van der Waals surface area contributed by atoms with Gasteiger partial charge >= 0.3 is 0 Å². The van der Waals surface area contributed by atoms with Gasteiger partial charge in [-0.25, -0.2) is 4.98 Å². The van der Waals surface area contributed by atoms with Crippen molar-refractivity contribution in [1.29, 1.82) is 0 Å². The number of aliphatic hydroxyl groups is 2. The summed E-state index contributed by atoms with van der Waals surface area (Å²) in [6.45, 7) is 1.17. The van der Waals surface area contributed by atoms with Crippen molar-refractivity contribution >= 4 is 11.7 Å². The molecule has 1 aromatic rings. The van der Waals surface area contributed by atoms with Crippen LogP contribution in [0, 0.1) is 5.92 Å². The van der Waals surface area contributed by atoms with Crippen molar-refractivity contribution < 1.29 is 15.0 Å². The van der Waals surface area contributed by atoms with E-state index in [1.165, 1.54) is 0 Å². The highest BCUT2D eigenvalue weighted by Crippen LogP contribution is 2.23. The number of nitrogens with zero attached hydrogens (tertiary/aromatic N) is 2. The van der Waals surface area contributed by atoms with Crippen molar-refractivity contribution in [3.8, 4) is 0 Å². The minimum Gasteiger partial charge on any atom is -0.396 e. The van der Waals surface area contributed by atoms with Gasteiger partial charge in [0, 0.05) is 43.4 Å². The average molecular weight is 291 g/mol. The van der Waals surface area contributed by atoms with Gasteiger partial charge in [0.1, 0.15) is 5.82 Å². The molecule has 2 atom stereocenters. The van der Waals surface area contributed by atoms with Gasteiger partial charge in [0.2, 0.25) is 0 Å². The number of carbonyl (C=O) groups excluding carboxylic acids is 1. The van der Waals surface area contributed by atoms with E-state index in [0.717, 1.165) is 25.8 Å². The predicted molar refractivity (Wildman–Crippen MR) is 78.1 cm³/mol. The molecule has 2 aliphatic rings. The fraction of sp³-hybridized carbons (Fsp3) is 0.600. The molecule has 1 aliphatic carbocycles. The maximum absolute atomic E-state index is 12.1. The van der Waals surface area contributed by atoms with E-state index >= 15 is 0 Å². The third-order valence-corrected chi connectivity index (χ3v) is 4.20. The van der Waals surface area contributed by atoms with Gasteiger partial charge in [-0.05, 0) is 31.4 Å². The SMILES string of the molecule is O=C(NC1CC1)c1ccnc(N2CC[C@H](CO)[C@H](O)C2)c1. The first-order valence-corrected chi connectivity index (χ1v) is 7.48. The number of hydrogen-bond donors (Lipinski definition) is 3. The molecule has 2 fully saturated rings. The van der Waals surface area contributed by atoms with Crippen LogP contribution >= 0.6 is 0 Å². The van der Waals surface area contributed by atoms with Crippen molar-refractivity contribution in [2.24, 2.45) is 5.92 Å². The van der Waals surface area contributed by atoms with Crippen LogP contribution in [-0.4, -0.2) is 52.9 Å². The zero-order valence-corrected chi connectivity index (χ0v) is 11.9. The topological polar surface area (TPSA) is 85.7 Å². The Bertz CT molecular complexity index is 519. The summed E-state index contributed by atoms with van der Waals surface area (Å²) in [6.07, 6.45) is 3.91. The fourth-order valence-corrected chi connectivity index (χ4v) is 2.63. The molecule has 6 heteroatoms. The summed E-state index contributed by atoms with van der Waals surface area (Å²) in [6, 6.07) is 3.80. The van der Waals surface area contributed by atoms with E-state index < -0.39 is 6.10 Å². The summed E-state index contributed by atoms with van der Waals surface area (Å²) in [4.78, 5) is 18.3. The number of pyridine rings is 1. The highest BCUT2D eigenvalue weighted by Gasteiger charge is 2.28. The molecule has 1 aromatic heterocycles. The van der Waals surface area contributed by atoms with Gasteiger partial charge in [0.05, 0.1) is 6.10 Å². The molecule has 0 radical (unpaired) electrons. The van der Waals surface area contributed by atoms with E-state index in [2.05, 4.69) is 10.3 Å². The van der Waals surface area contributed by atoms with Gasteiger partial charge in [0.25, 0.3) is 5.91 Å². The molecule has 0 aromatic carbocycles. The lowest BCUT2D eigenvalue weighted by Gasteiger charge is -2.35. The Morgan fingerprint density at radius 2 is 2.24 bits per heavy atom. The molecule has 1 saturated heterocycles. The van der Waals surface area contributed by atoms with Crippen LogP contribution in [0.5, 0.6) is 0 Å². The molecule has 3 N–H and O–H groups in total. The maximum atomic E-state index is 12.1. The number of amides is 1. The minimum absolute atomic E-state index is 0.00622. The monoisotopic (exact) mass is 291 g/mol. The first kappa shape index (κ1) is 14.3. The van der Waals surface area contributed by atoms with Crippen LogP contribution in [0.1, 0.15) is 29.6 Å². The zero-order chi connectivity index (χ0) is 14.8. The smallest absolute Gasteiger partial charge is 0.251 e. The normalized spacial score (nSPS) is 25.7. The highest BCUT2D eigenvalue weighted by atomic mass is 16.3. The van der Waals surface area contributed by atoms with E-state index in [4.69, 9.17) is 0 Å². The Morgan fingerprint density at radius 1 is 1.43 bits per heavy atom. The lowest BCUT2D eigenvalue weighted by Crippen LogP contribution is -2.45. The summed E-state index contributed by atoms with van der Waals surface area (Å²) in [5.74, 6) is 0.573. The van der Waals surface area contributed by atoms with Crippen molar-refractivity contribution in [1.82, 2.24) is 10.3 Å². The summed E-state index contributed by atoms with van der Waals surface area (Å²) >= 11 is 0. The molecule has 6 nitrogen and oxygen atoms in total. The standard InChI is InChI=1S/C15H21N3O3/c19-9-11-4-6-18(8-13(11)20)14-7-10(3-5-16-14)15(21)17-12-1-2-12/h3,5,7,11-13,19-20H,1-2,4,6,8-9H2,(H,17,21)/t11-,13-/m1/s1. The van der Waals surface area contributed by atoms with Gasteiger partial charge in [0.15, 0.2) is 0 Å². The fourth-order valence-electron chi connectivity index (χ4n) is 2.63. The third kappa shape index (κ3) is 3.33. The molecular weight excluding hydrogens is 270 g/mol. The van der Waals surface area contributed by atoms with Gasteiger partial charge in [-0.2, -0.15) is 0 Å². The summed E-state index contributed by atoms with van der Waals surface area (Å²) in [5.41, 5.74) is 0.602. The Hall–Kier alpha value is -1.66. The molecule has 3 rings (SSSR count). The van der Waals surface area contributed by atoms with Gasteiger partial charge in [-0.3, -0.25) is 4.79 Å². The second-order valence-electron chi connectivity index (χ2n) is 5.90. The summed E-state index contributed by atoms with van der Waals surface area (Å²) < 4.78 is 0. The number of carbonyl (C=O) groups is 1. The highest BCUT2D eigenvalue weighted by molar-refractivity contribution is 5.95. The van der Waals surface area contributed by atoms with Crippen LogP contribution in [0.15, 0.2) is 18.3 Å². The summed E-state index contributed by atoms with van der Waals surface area (Å²) in [7, 11) is 0.